The first kappa shape index (κ1) is 15.6. The van der Waals surface area contributed by atoms with Crippen molar-refractivity contribution >= 4 is 28.0 Å². The molecule has 3 N–H and O–H groups in total. The van der Waals surface area contributed by atoms with Gasteiger partial charge in [0.15, 0.2) is 0 Å². The van der Waals surface area contributed by atoms with Crippen LogP contribution < -0.4 is 11.1 Å². The van der Waals surface area contributed by atoms with Gasteiger partial charge >= 0.3 is 5.97 Å². The number of nitrogens with one attached hydrogen (secondary N) is 1. The third kappa shape index (κ3) is 3.12. The van der Waals surface area contributed by atoms with Crippen molar-refractivity contribution in [2.75, 3.05) is 24.8 Å². The molecule has 0 aliphatic heterocycles. The Kier molecular flexibility index (Phi) is 5.04. The summed E-state index contributed by atoms with van der Waals surface area (Å²) in [5.74, 6) is -0.498. The maximum Gasteiger partial charge on any atom is 0.343 e. The molecule has 0 aromatic carbocycles. The maximum absolute atomic E-state index is 12.1. The van der Waals surface area contributed by atoms with Crippen LogP contribution in [-0.2, 0) is 9.47 Å². The molecule has 7 heteroatoms. The number of hydrogen-bond acceptors (Lipinski definition) is 7. The van der Waals surface area contributed by atoms with E-state index in [-0.39, 0.29) is 30.0 Å². The van der Waals surface area contributed by atoms with Crippen LogP contribution in [0, 0.1) is 11.3 Å². The minimum atomic E-state index is -0.498. The average molecular weight is 309 g/mol. The van der Waals surface area contributed by atoms with Crippen LogP contribution in [0.1, 0.15) is 41.4 Å². The number of thiophene rings is 1. The molecule has 2 unspecified atom stereocenters. The van der Waals surface area contributed by atoms with Crippen molar-refractivity contribution in [2.24, 2.45) is 0 Å². The maximum atomic E-state index is 12.1. The van der Waals surface area contributed by atoms with Crippen molar-refractivity contribution in [3.05, 3.63) is 10.4 Å². The number of nitrogens with two attached hydrogens (primary N) is 1. The van der Waals surface area contributed by atoms with Crippen LogP contribution in [0.15, 0.2) is 0 Å². The van der Waals surface area contributed by atoms with Crippen LogP contribution >= 0.6 is 11.3 Å². The summed E-state index contributed by atoms with van der Waals surface area (Å²) >= 11 is 1.19. The molecule has 1 aromatic heterocycles. The van der Waals surface area contributed by atoms with Gasteiger partial charge < -0.3 is 20.5 Å². The molecule has 2 atom stereocenters. The van der Waals surface area contributed by atoms with Crippen LogP contribution in [0.2, 0.25) is 0 Å². The largest absolute Gasteiger partial charge is 0.462 e. The zero-order chi connectivity index (χ0) is 15.4. The van der Waals surface area contributed by atoms with E-state index in [1.54, 1.807) is 14.0 Å². The lowest BCUT2D eigenvalue weighted by Crippen LogP contribution is -2.30. The Bertz CT molecular complexity index is 565. The quantitative estimate of drug-likeness (QED) is 0.810. The highest BCUT2D eigenvalue weighted by atomic mass is 32.1. The standard InChI is InChI=1S/C14H19N3O3S/c1-3-20-14(18)11-12(16)10(7-15)21-13(11)17-8-5-4-6-9(8)19-2/h8-9,17H,3-6,16H2,1-2H3. The van der Waals surface area contributed by atoms with E-state index in [1.807, 2.05) is 6.07 Å². The highest BCUT2D eigenvalue weighted by Crippen LogP contribution is 2.38. The molecule has 0 spiro atoms. The van der Waals surface area contributed by atoms with E-state index in [4.69, 9.17) is 20.5 Å². The zero-order valence-corrected chi connectivity index (χ0v) is 13.0. The summed E-state index contributed by atoms with van der Waals surface area (Å²) < 4.78 is 10.5. The molecule has 6 nitrogen and oxygen atoms in total. The fourth-order valence-corrected chi connectivity index (χ4v) is 3.54. The summed E-state index contributed by atoms with van der Waals surface area (Å²) in [6.45, 7) is 2.00. The number of nitrogens with zero attached hydrogens (tertiary/aromatic N) is 1. The van der Waals surface area contributed by atoms with Gasteiger partial charge in [-0.3, -0.25) is 0 Å². The zero-order valence-electron chi connectivity index (χ0n) is 12.1. The second-order valence-electron chi connectivity index (χ2n) is 4.84. The van der Waals surface area contributed by atoms with Gasteiger partial charge in [0.1, 0.15) is 21.5 Å². The lowest BCUT2D eigenvalue weighted by Gasteiger charge is -2.20. The van der Waals surface area contributed by atoms with Gasteiger partial charge in [-0.2, -0.15) is 5.26 Å². The molecule has 1 aliphatic rings. The smallest absolute Gasteiger partial charge is 0.343 e. The molecular weight excluding hydrogens is 290 g/mol. The fraction of sp³-hybridized carbons (Fsp3) is 0.571. The molecule has 114 valence electrons. The van der Waals surface area contributed by atoms with Crippen molar-refractivity contribution in [1.29, 1.82) is 5.26 Å². The van der Waals surface area contributed by atoms with Gasteiger partial charge in [-0.05, 0) is 26.2 Å². The van der Waals surface area contributed by atoms with Gasteiger partial charge in [-0.15, -0.1) is 11.3 Å². The first-order valence-corrected chi connectivity index (χ1v) is 7.72. The van der Waals surface area contributed by atoms with Crippen LogP contribution in [0.25, 0.3) is 0 Å². The number of esters is 1. The van der Waals surface area contributed by atoms with Gasteiger partial charge in [0.25, 0.3) is 0 Å². The van der Waals surface area contributed by atoms with Crippen LogP contribution in [0.5, 0.6) is 0 Å². The van der Waals surface area contributed by atoms with Gasteiger partial charge in [-0.25, -0.2) is 4.79 Å². The second-order valence-corrected chi connectivity index (χ2v) is 5.86. The number of anilines is 2. The molecule has 1 heterocycles. The van der Waals surface area contributed by atoms with Crippen molar-refractivity contribution in [2.45, 2.75) is 38.3 Å². The van der Waals surface area contributed by atoms with Gasteiger partial charge in [-0.1, -0.05) is 0 Å². The molecule has 1 aromatic rings. The molecule has 21 heavy (non-hydrogen) atoms. The first-order valence-electron chi connectivity index (χ1n) is 6.91. The molecule has 2 rings (SSSR count). The van der Waals surface area contributed by atoms with E-state index >= 15 is 0 Å². The first-order chi connectivity index (χ1) is 10.1. The Balaban J connectivity index is 2.30. The minimum absolute atomic E-state index is 0.105. The molecular formula is C14H19N3O3S. The van der Waals surface area contributed by atoms with E-state index in [0.29, 0.717) is 9.88 Å². The summed E-state index contributed by atoms with van der Waals surface area (Å²) in [4.78, 5) is 12.4. The number of nitrogen functional groups attached to an aromatic ring is 1. The van der Waals surface area contributed by atoms with Crippen LogP contribution in [0.4, 0.5) is 10.7 Å². The van der Waals surface area contributed by atoms with Crippen molar-refractivity contribution in [3.8, 4) is 6.07 Å². The number of carbonyl (C=O) groups excluding carboxylic acids is 1. The Labute approximate surface area is 127 Å². The lowest BCUT2D eigenvalue weighted by molar-refractivity contribution is 0.0528. The molecule has 1 aliphatic carbocycles. The Morgan fingerprint density at radius 2 is 2.33 bits per heavy atom. The molecule has 1 fully saturated rings. The van der Waals surface area contributed by atoms with Gasteiger partial charge in [0.05, 0.1) is 24.4 Å². The molecule has 1 saturated carbocycles. The van der Waals surface area contributed by atoms with Crippen molar-refractivity contribution in [1.82, 2.24) is 0 Å². The van der Waals surface area contributed by atoms with Crippen LogP contribution in [0.3, 0.4) is 0 Å². The predicted octanol–water partition coefficient (Wildman–Crippen LogP) is 2.36. The molecule has 0 saturated heterocycles. The minimum Gasteiger partial charge on any atom is -0.462 e. The van der Waals surface area contributed by atoms with E-state index in [1.165, 1.54) is 11.3 Å². The summed E-state index contributed by atoms with van der Waals surface area (Å²) in [6.07, 6.45) is 3.11. The number of nitriles is 1. The van der Waals surface area contributed by atoms with Crippen LogP contribution in [-0.4, -0.2) is 31.8 Å². The number of carbonyl (C=O) groups is 1. The predicted molar refractivity (Wildman–Crippen MR) is 81.5 cm³/mol. The highest BCUT2D eigenvalue weighted by molar-refractivity contribution is 7.17. The molecule has 0 radical (unpaired) electrons. The monoisotopic (exact) mass is 309 g/mol. The fourth-order valence-electron chi connectivity index (χ4n) is 2.58. The Hall–Kier alpha value is -1.78. The Morgan fingerprint density at radius 3 is 2.95 bits per heavy atom. The van der Waals surface area contributed by atoms with Gasteiger partial charge in [0, 0.05) is 7.11 Å². The number of hydrogen-bond donors (Lipinski definition) is 2. The summed E-state index contributed by atoms with van der Waals surface area (Å²) in [7, 11) is 1.68. The average Bonchev–Trinajstić information content (AvgIpc) is 3.03. The van der Waals surface area contributed by atoms with Gasteiger partial charge in [0.2, 0.25) is 0 Å². The number of ether oxygens (including phenoxy) is 2. The molecule has 0 amide bonds. The second kappa shape index (κ2) is 6.78. The SMILES string of the molecule is CCOC(=O)c1c(NC2CCCC2OC)sc(C#N)c1N. The third-order valence-corrected chi connectivity index (χ3v) is 4.64. The lowest BCUT2D eigenvalue weighted by atomic mass is 10.2. The highest BCUT2D eigenvalue weighted by Gasteiger charge is 2.30. The summed E-state index contributed by atoms with van der Waals surface area (Å²) in [5.41, 5.74) is 6.36. The van der Waals surface area contributed by atoms with E-state index in [9.17, 15) is 4.79 Å². The van der Waals surface area contributed by atoms with E-state index in [2.05, 4.69) is 5.32 Å². The normalized spacial score (nSPS) is 21.0. The van der Waals surface area contributed by atoms with Crippen molar-refractivity contribution in [3.63, 3.8) is 0 Å². The third-order valence-electron chi connectivity index (χ3n) is 3.60. The Morgan fingerprint density at radius 1 is 1.57 bits per heavy atom. The van der Waals surface area contributed by atoms with Crippen molar-refractivity contribution < 1.29 is 14.3 Å². The number of methoxy groups -OCH3 is 1. The number of rotatable bonds is 5. The summed E-state index contributed by atoms with van der Waals surface area (Å²) in [6, 6.07) is 2.14. The van der Waals surface area contributed by atoms with E-state index in [0.717, 1.165) is 19.3 Å². The topological polar surface area (TPSA) is 97.4 Å². The van der Waals surface area contributed by atoms with E-state index < -0.39 is 5.97 Å². The summed E-state index contributed by atoms with van der Waals surface area (Å²) in [5, 5.41) is 13.0. The molecule has 0 bridgehead atoms.